The molecule has 0 aromatic heterocycles. The molecule has 0 aliphatic rings. The molecule has 0 radical (unpaired) electrons. The average Bonchev–Trinajstić information content (AvgIpc) is 2.62. The Labute approximate surface area is 140 Å². The van der Waals surface area contributed by atoms with Crippen molar-refractivity contribution in [3.8, 4) is 11.5 Å². The maximum Gasteiger partial charge on any atom is 0.344 e. The van der Waals surface area contributed by atoms with E-state index in [-0.39, 0.29) is 16.9 Å². The highest BCUT2D eigenvalue weighted by Gasteiger charge is 2.20. The minimum atomic E-state index is -0.661. The summed E-state index contributed by atoms with van der Waals surface area (Å²) in [5.41, 5.74) is 1.26. The summed E-state index contributed by atoms with van der Waals surface area (Å²) in [5.74, 6) is -0.560. The van der Waals surface area contributed by atoms with Gasteiger partial charge < -0.3 is 14.2 Å². The van der Waals surface area contributed by atoms with Gasteiger partial charge in [-0.1, -0.05) is 24.3 Å². The molecule has 0 aliphatic heterocycles. The van der Waals surface area contributed by atoms with Crippen molar-refractivity contribution in [2.75, 3.05) is 14.2 Å². The van der Waals surface area contributed by atoms with E-state index >= 15 is 0 Å². The Morgan fingerprint density at radius 2 is 1.67 bits per heavy atom. The van der Waals surface area contributed by atoms with Gasteiger partial charge in [-0.3, -0.25) is 0 Å². The van der Waals surface area contributed by atoms with E-state index in [1.807, 2.05) is 6.07 Å². The van der Waals surface area contributed by atoms with E-state index in [1.54, 1.807) is 30.3 Å². The second-order valence-electron chi connectivity index (χ2n) is 4.90. The minimum absolute atomic E-state index is 0.126. The quantitative estimate of drug-likeness (QED) is 0.462. The van der Waals surface area contributed by atoms with Crippen LogP contribution < -0.4 is 9.47 Å². The first-order chi connectivity index (χ1) is 11.6. The van der Waals surface area contributed by atoms with Crippen LogP contribution in [-0.2, 0) is 11.2 Å². The number of esters is 2. The molecule has 0 N–H and O–H groups in total. The van der Waals surface area contributed by atoms with E-state index in [0.29, 0.717) is 12.2 Å². The normalized spacial score (nSPS) is 9.92. The number of benzene rings is 2. The Morgan fingerprint density at radius 1 is 1.00 bits per heavy atom. The second-order valence-corrected chi connectivity index (χ2v) is 4.90. The van der Waals surface area contributed by atoms with E-state index < -0.39 is 11.9 Å². The van der Waals surface area contributed by atoms with Gasteiger partial charge in [0.15, 0.2) is 11.5 Å². The molecular weight excluding hydrogens is 308 g/mol. The lowest BCUT2D eigenvalue weighted by molar-refractivity contribution is 0.0587. The molecule has 2 rings (SSSR count). The lowest BCUT2D eigenvalue weighted by Crippen LogP contribution is -2.15. The summed E-state index contributed by atoms with van der Waals surface area (Å²) < 4.78 is 15.3. The monoisotopic (exact) mass is 326 g/mol. The van der Waals surface area contributed by atoms with Gasteiger partial charge >= 0.3 is 11.9 Å². The highest BCUT2D eigenvalue weighted by Crippen LogP contribution is 2.29. The van der Waals surface area contributed by atoms with Gasteiger partial charge in [-0.05, 0) is 36.2 Å². The summed E-state index contributed by atoms with van der Waals surface area (Å²) in [5, 5.41) is 0. The topological polar surface area (TPSA) is 61.8 Å². The third-order valence-corrected chi connectivity index (χ3v) is 3.36. The molecule has 0 atom stereocenters. The predicted molar refractivity (Wildman–Crippen MR) is 89.6 cm³/mol. The van der Waals surface area contributed by atoms with Gasteiger partial charge in [0, 0.05) is 0 Å². The fourth-order valence-corrected chi connectivity index (χ4v) is 2.19. The molecule has 0 unspecified atom stereocenters. The maximum atomic E-state index is 12.4. The molecule has 0 bridgehead atoms. The van der Waals surface area contributed by atoms with Crippen LogP contribution in [0.2, 0.25) is 0 Å². The van der Waals surface area contributed by atoms with Gasteiger partial charge in [-0.25, -0.2) is 9.59 Å². The molecule has 0 saturated carbocycles. The van der Waals surface area contributed by atoms with Crippen LogP contribution in [0.4, 0.5) is 0 Å². The van der Waals surface area contributed by atoms with Crippen molar-refractivity contribution in [2.45, 2.75) is 6.42 Å². The molecule has 2 aromatic carbocycles. The molecule has 5 heteroatoms. The summed E-state index contributed by atoms with van der Waals surface area (Å²) in [4.78, 5) is 24.2. The summed E-state index contributed by atoms with van der Waals surface area (Å²) in [6.45, 7) is 3.69. The van der Waals surface area contributed by atoms with Crippen LogP contribution in [0.25, 0.3) is 0 Å². The van der Waals surface area contributed by atoms with Crippen molar-refractivity contribution in [1.29, 1.82) is 0 Å². The smallest absolute Gasteiger partial charge is 0.344 e. The second kappa shape index (κ2) is 7.97. The van der Waals surface area contributed by atoms with Crippen molar-refractivity contribution in [3.05, 3.63) is 71.8 Å². The number of hydrogen-bond donors (Lipinski definition) is 0. The lowest BCUT2D eigenvalue weighted by atomic mass is 10.1. The van der Waals surface area contributed by atoms with Gasteiger partial charge in [0.25, 0.3) is 0 Å². The van der Waals surface area contributed by atoms with Gasteiger partial charge in [0.1, 0.15) is 0 Å². The zero-order valence-corrected chi connectivity index (χ0v) is 13.6. The summed E-state index contributed by atoms with van der Waals surface area (Å²) >= 11 is 0. The average molecular weight is 326 g/mol. The first-order valence-electron chi connectivity index (χ1n) is 7.28. The standard InChI is InChI=1S/C19H18O5/c1-4-7-13-10-11-16(17(12-13)22-2)24-19(21)15-9-6-5-8-14(15)18(20)23-3/h4-6,8-12H,1,7H2,2-3H3. The van der Waals surface area contributed by atoms with Crippen LogP contribution >= 0.6 is 0 Å². The molecular formula is C19H18O5. The fourth-order valence-electron chi connectivity index (χ4n) is 2.19. The Kier molecular flexibility index (Phi) is 5.73. The van der Waals surface area contributed by atoms with Crippen molar-refractivity contribution < 1.29 is 23.8 Å². The number of carbonyl (C=O) groups excluding carboxylic acids is 2. The Morgan fingerprint density at radius 3 is 2.25 bits per heavy atom. The Balaban J connectivity index is 2.30. The Bertz CT molecular complexity index is 764. The van der Waals surface area contributed by atoms with Crippen LogP contribution in [0.3, 0.4) is 0 Å². The lowest BCUT2D eigenvalue weighted by Gasteiger charge is -2.12. The van der Waals surface area contributed by atoms with Crippen molar-refractivity contribution in [3.63, 3.8) is 0 Å². The first kappa shape index (κ1) is 17.3. The molecule has 124 valence electrons. The SMILES string of the molecule is C=CCc1ccc(OC(=O)c2ccccc2C(=O)OC)c(OC)c1. The molecule has 0 heterocycles. The number of ether oxygens (including phenoxy) is 3. The summed E-state index contributed by atoms with van der Waals surface area (Å²) in [7, 11) is 2.75. The molecule has 5 nitrogen and oxygen atoms in total. The van der Waals surface area contributed by atoms with Crippen LogP contribution in [0.5, 0.6) is 11.5 Å². The molecule has 2 aromatic rings. The van der Waals surface area contributed by atoms with Crippen molar-refractivity contribution in [2.24, 2.45) is 0 Å². The zero-order valence-electron chi connectivity index (χ0n) is 13.6. The number of rotatable bonds is 6. The van der Waals surface area contributed by atoms with Crippen molar-refractivity contribution >= 4 is 11.9 Å². The minimum Gasteiger partial charge on any atom is -0.493 e. The van der Waals surface area contributed by atoms with Crippen molar-refractivity contribution in [1.82, 2.24) is 0 Å². The van der Waals surface area contributed by atoms with Crippen LogP contribution in [-0.4, -0.2) is 26.2 Å². The molecule has 0 spiro atoms. The first-order valence-corrected chi connectivity index (χ1v) is 7.28. The predicted octanol–water partition coefficient (Wildman–Crippen LogP) is 3.43. The Hall–Kier alpha value is -3.08. The number of allylic oxidation sites excluding steroid dienone is 1. The highest BCUT2D eigenvalue weighted by molar-refractivity contribution is 6.03. The van der Waals surface area contributed by atoms with E-state index in [1.165, 1.54) is 26.4 Å². The number of methoxy groups -OCH3 is 2. The largest absolute Gasteiger partial charge is 0.493 e. The van der Waals surface area contributed by atoms with Gasteiger partial charge in [-0.15, -0.1) is 6.58 Å². The van der Waals surface area contributed by atoms with Crippen LogP contribution in [0, 0.1) is 0 Å². The van der Waals surface area contributed by atoms with E-state index in [2.05, 4.69) is 11.3 Å². The fraction of sp³-hybridized carbons (Fsp3) is 0.158. The van der Waals surface area contributed by atoms with Crippen LogP contribution in [0.1, 0.15) is 26.3 Å². The van der Waals surface area contributed by atoms with Gasteiger partial charge in [0.05, 0.1) is 25.3 Å². The number of carbonyl (C=O) groups is 2. The molecule has 0 saturated heterocycles. The molecule has 0 aliphatic carbocycles. The van der Waals surface area contributed by atoms with Crippen LogP contribution in [0.15, 0.2) is 55.1 Å². The zero-order chi connectivity index (χ0) is 17.5. The molecule has 24 heavy (non-hydrogen) atoms. The highest BCUT2D eigenvalue weighted by atomic mass is 16.6. The summed E-state index contributed by atoms with van der Waals surface area (Å²) in [6.07, 6.45) is 2.45. The van der Waals surface area contributed by atoms with E-state index in [0.717, 1.165) is 5.56 Å². The molecule has 0 fully saturated rings. The third-order valence-electron chi connectivity index (χ3n) is 3.36. The van der Waals surface area contributed by atoms with Gasteiger partial charge in [-0.2, -0.15) is 0 Å². The summed E-state index contributed by atoms with van der Waals surface area (Å²) in [6, 6.07) is 11.5. The van der Waals surface area contributed by atoms with E-state index in [9.17, 15) is 9.59 Å². The maximum absolute atomic E-state index is 12.4. The van der Waals surface area contributed by atoms with E-state index in [4.69, 9.17) is 9.47 Å². The third kappa shape index (κ3) is 3.81. The molecule has 0 amide bonds. The van der Waals surface area contributed by atoms with Gasteiger partial charge in [0.2, 0.25) is 0 Å². The number of hydrogen-bond acceptors (Lipinski definition) is 5.